The van der Waals surface area contributed by atoms with E-state index in [1.807, 2.05) is 0 Å². The predicted octanol–water partition coefficient (Wildman–Crippen LogP) is 2.06. The number of hydrogen-bond donors (Lipinski definition) is 1. The Morgan fingerprint density at radius 3 is 2.50 bits per heavy atom. The first kappa shape index (κ1) is 12.4. The fraction of sp³-hybridized carbons (Fsp3) is 0.273. The third-order valence-corrected chi connectivity index (χ3v) is 1.78. The van der Waals surface area contributed by atoms with Gasteiger partial charge < -0.3 is 9.84 Å². The molecule has 0 heterocycles. The number of hydrogen-bond acceptors (Lipinski definition) is 2. The number of benzene rings is 1. The lowest BCUT2D eigenvalue weighted by Gasteiger charge is -2.09. The minimum atomic E-state index is -4.44. The molecule has 1 rings (SSSR count). The zero-order valence-corrected chi connectivity index (χ0v) is 8.43. The molecule has 0 aliphatic heterocycles. The molecule has 0 unspecified atom stereocenters. The topological polar surface area (TPSA) is 29.5 Å². The summed E-state index contributed by atoms with van der Waals surface area (Å²) < 4.78 is 42.1. The van der Waals surface area contributed by atoms with Crippen molar-refractivity contribution in [2.45, 2.75) is 6.18 Å². The number of aliphatic hydroxyl groups is 1. The lowest BCUT2D eigenvalue weighted by atomic mass is 10.1. The van der Waals surface area contributed by atoms with E-state index in [4.69, 9.17) is 9.84 Å². The summed E-state index contributed by atoms with van der Waals surface area (Å²) in [6, 6.07) is 3.17. The molecule has 0 saturated heterocycles. The van der Waals surface area contributed by atoms with E-state index in [2.05, 4.69) is 11.8 Å². The van der Waals surface area contributed by atoms with Crippen LogP contribution >= 0.6 is 0 Å². The Balaban J connectivity index is 3.21. The lowest BCUT2D eigenvalue weighted by Crippen LogP contribution is -2.05. The number of aliphatic hydroxyl groups excluding tert-OH is 1. The van der Waals surface area contributed by atoms with E-state index in [1.54, 1.807) is 0 Å². The van der Waals surface area contributed by atoms with Crippen LogP contribution in [0.1, 0.15) is 11.1 Å². The zero-order chi connectivity index (χ0) is 12.2. The Labute approximate surface area is 90.7 Å². The maximum Gasteiger partial charge on any atom is 0.416 e. The van der Waals surface area contributed by atoms with Gasteiger partial charge in [0.05, 0.1) is 12.7 Å². The molecule has 86 valence electrons. The van der Waals surface area contributed by atoms with E-state index in [0.29, 0.717) is 0 Å². The highest BCUT2D eigenvalue weighted by atomic mass is 19.4. The van der Waals surface area contributed by atoms with Gasteiger partial charge in [-0.05, 0) is 18.2 Å². The SMILES string of the molecule is COc1cc(C#CCO)cc(C(F)(F)F)c1. The second-order valence-electron chi connectivity index (χ2n) is 2.91. The average molecular weight is 230 g/mol. The second-order valence-corrected chi connectivity index (χ2v) is 2.91. The van der Waals surface area contributed by atoms with E-state index in [9.17, 15) is 13.2 Å². The fourth-order valence-corrected chi connectivity index (χ4v) is 1.09. The summed E-state index contributed by atoms with van der Waals surface area (Å²) in [4.78, 5) is 0. The summed E-state index contributed by atoms with van der Waals surface area (Å²) in [5.41, 5.74) is -0.671. The minimum absolute atomic E-state index is 0.0806. The number of rotatable bonds is 1. The molecule has 1 aromatic rings. The van der Waals surface area contributed by atoms with Crippen molar-refractivity contribution in [1.29, 1.82) is 0 Å². The third-order valence-electron chi connectivity index (χ3n) is 1.78. The van der Waals surface area contributed by atoms with Crippen LogP contribution in [0.2, 0.25) is 0 Å². The maximum absolute atomic E-state index is 12.5. The van der Waals surface area contributed by atoms with Gasteiger partial charge >= 0.3 is 6.18 Å². The van der Waals surface area contributed by atoms with Gasteiger partial charge in [-0.15, -0.1) is 0 Å². The summed E-state index contributed by atoms with van der Waals surface area (Å²) in [5, 5.41) is 8.46. The van der Waals surface area contributed by atoms with Crippen molar-refractivity contribution in [3.63, 3.8) is 0 Å². The smallest absolute Gasteiger partial charge is 0.416 e. The second kappa shape index (κ2) is 4.90. The van der Waals surface area contributed by atoms with Gasteiger partial charge in [-0.2, -0.15) is 13.2 Å². The van der Waals surface area contributed by atoms with Crippen LogP contribution in [0.4, 0.5) is 13.2 Å². The minimum Gasteiger partial charge on any atom is -0.497 e. The standard InChI is InChI=1S/C11H9F3O2/c1-16-10-6-8(3-2-4-15)5-9(7-10)11(12,13)14/h5-7,15H,4H2,1H3. The van der Waals surface area contributed by atoms with Crippen molar-refractivity contribution in [2.75, 3.05) is 13.7 Å². The molecule has 1 N–H and O–H groups in total. The van der Waals surface area contributed by atoms with Gasteiger partial charge in [0, 0.05) is 5.56 Å². The quantitative estimate of drug-likeness (QED) is 0.748. The molecule has 0 bridgehead atoms. The maximum atomic E-state index is 12.5. The number of ether oxygens (including phenoxy) is 1. The highest BCUT2D eigenvalue weighted by Gasteiger charge is 2.31. The van der Waals surface area contributed by atoms with E-state index in [0.717, 1.165) is 12.1 Å². The molecule has 0 saturated carbocycles. The molecular weight excluding hydrogens is 221 g/mol. The average Bonchev–Trinajstić information content (AvgIpc) is 2.24. The van der Waals surface area contributed by atoms with Gasteiger partial charge in [0.15, 0.2) is 0 Å². The molecule has 0 aliphatic rings. The van der Waals surface area contributed by atoms with Crippen LogP contribution in [-0.4, -0.2) is 18.8 Å². The molecule has 2 nitrogen and oxygen atoms in total. The van der Waals surface area contributed by atoms with Crippen molar-refractivity contribution >= 4 is 0 Å². The number of halogens is 3. The van der Waals surface area contributed by atoms with Crippen LogP contribution in [-0.2, 0) is 6.18 Å². The van der Waals surface area contributed by atoms with Crippen LogP contribution in [0.15, 0.2) is 18.2 Å². The molecule has 0 fully saturated rings. The zero-order valence-electron chi connectivity index (χ0n) is 8.43. The molecule has 0 aliphatic carbocycles. The van der Waals surface area contributed by atoms with Crippen molar-refractivity contribution in [3.8, 4) is 17.6 Å². The van der Waals surface area contributed by atoms with E-state index in [-0.39, 0.29) is 11.3 Å². The monoisotopic (exact) mass is 230 g/mol. The highest BCUT2D eigenvalue weighted by molar-refractivity contribution is 5.44. The summed E-state index contributed by atoms with van der Waals surface area (Å²) in [6.07, 6.45) is -4.44. The van der Waals surface area contributed by atoms with Crippen LogP contribution in [0.25, 0.3) is 0 Å². The Hall–Kier alpha value is -1.67. The van der Waals surface area contributed by atoms with Gasteiger partial charge in [0.2, 0.25) is 0 Å². The fourth-order valence-electron chi connectivity index (χ4n) is 1.09. The molecule has 16 heavy (non-hydrogen) atoms. The molecule has 0 aromatic heterocycles. The molecule has 0 atom stereocenters. The van der Waals surface area contributed by atoms with Gasteiger partial charge in [0.1, 0.15) is 12.4 Å². The molecular formula is C11H9F3O2. The number of alkyl halides is 3. The van der Waals surface area contributed by atoms with E-state index < -0.39 is 18.3 Å². The molecule has 0 amide bonds. The molecule has 5 heteroatoms. The summed E-state index contributed by atoms with van der Waals surface area (Å²) in [5.74, 6) is 4.76. The van der Waals surface area contributed by atoms with E-state index in [1.165, 1.54) is 13.2 Å². The molecule has 0 spiro atoms. The van der Waals surface area contributed by atoms with Gasteiger partial charge in [-0.25, -0.2) is 0 Å². The van der Waals surface area contributed by atoms with Gasteiger partial charge in [-0.3, -0.25) is 0 Å². The first-order chi connectivity index (χ1) is 7.47. The summed E-state index contributed by atoms with van der Waals surface area (Å²) in [6.45, 7) is -0.404. The Morgan fingerprint density at radius 1 is 1.31 bits per heavy atom. The lowest BCUT2D eigenvalue weighted by molar-refractivity contribution is -0.137. The van der Waals surface area contributed by atoms with Crippen LogP contribution in [0, 0.1) is 11.8 Å². The van der Waals surface area contributed by atoms with Crippen molar-refractivity contribution in [3.05, 3.63) is 29.3 Å². The van der Waals surface area contributed by atoms with Crippen LogP contribution < -0.4 is 4.74 Å². The van der Waals surface area contributed by atoms with Gasteiger partial charge in [0.25, 0.3) is 0 Å². The van der Waals surface area contributed by atoms with Crippen molar-refractivity contribution in [2.24, 2.45) is 0 Å². The van der Waals surface area contributed by atoms with Crippen molar-refractivity contribution < 1.29 is 23.0 Å². The normalized spacial score (nSPS) is 10.6. The largest absolute Gasteiger partial charge is 0.497 e. The van der Waals surface area contributed by atoms with Crippen LogP contribution in [0.3, 0.4) is 0 Å². The first-order valence-corrected chi connectivity index (χ1v) is 4.33. The summed E-state index contributed by atoms with van der Waals surface area (Å²) >= 11 is 0. The Bertz CT molecular complexity index is 427. The van der Waals surface area contributed by atoms with Crippen molar-refractivity contribution in [1.82, 2.24) is 0 Å². The highest BCUT2D eigenvalue weighted by Crippen LogP contribution is 2.32. The van der Waals surface area contributed by atoms with Crippen LogP contribution in [0.5, 0.6) is 5.75 Å². The Morgan fingerprint density at radius 2 is 2.00 bits per heavy atom. The Kier molecular flexibility index (Phi) is 3.80. The molecule has 0 radical (unpaired) electrons. The van der Waals surface area contributed by atoms with Gasteiger partial charge in [-0.1, -0.05) is 11.8 Å². The third kappa shape index (κ3) is 3.17. The predicted molar refractivity (Wildman–Crippen MR) is 52.0 cm³/mol. The number of methoxy groups -OCH3 is 1. The first-order valence-electron chi connectivity index (χ1n) is 4.33. The summed E-state index contributed by atoms with van der Waals surface area (Å²) in [7, 11) is 1.28. The van der Waals surface area contributed by atoms with E-state index >= 15 is 0 Å². The molecule has 1 aromatic carbocycles.